The average molecular weight is 322 g/mol. The van der Waals surface area contributed by atoms with E-state index in [1.807, 2.05) is 0 Å². The van der Waals surface area contributed by atoms with Crippen LogP contribution in [-0.2, 0) is 0 Å². The van der Waals surface area contributed by atoms with E-state index >= 15 is 0 Å². The molecule has 23 heavy (non-hydrogen) atoms. The van der Waals surface area contributed by atoms with Gasteiger partial charge in [0.25, 0.3) is 5.91 Å². The van der Waals surface area contributed by atoms with Crippen LogP contribution in [0.1, 0.15) is 66.8 Å². The van der Waals surface area contributed by atoms with Gasteiger partial charge in [-0.2, -0.15) is 0 Å². The Balaban J connectivity index is 1.74. The molecule has 126 valence electrons. The SMILES string of the molecule is O=C(NC1CCCCC1)c1cc(F)c(C2CCNCC2)cc1F. The zero-order valence-corrected chi connectivity index (χ0v) is 13.3. The summed E-state index contributed by atoms with van der Waals surface area (Å²) >= 11 is 0. The number of benzene rings is 1. The van der Waals surface area contributed by atoms with Crippen LogP contribution in [0.4, 0.5) is 8.78 Å². The summed E-state index contributed by atoms with van der Waals surface area (Å²) in [5.41, 5.74) is 0.226. The molecule has 1 heterocycles. The molecule has 3 nitrogen and oxygen atoms in total. The summed E-state index contributed by atoms with van der Waals surface area (Å²) in [4.78, 5) is 12.2. The third-order valence-electron chi connectivity index (χ3n) is 5.05. The van der Waals surface area contributed by atoms with Crippen molar-refractivity contribution in [3.05, 3.63) is 34.9 Å². The van der Waals surface area contributed by atoms with Crippen LogP contribution in [-0.4, -0.2) is 25.0 Å². The standard InChI is InChI=1S/C18H24F2N2O/c19-16-11-15(18(23)22-13-4-2-1-3-5-13)17(20)10-14(16)12-6-8-21-9-7-12/h10-13,21H,1-9H2,(H,22,23). The summed E-state index contributed by atoms with van der Waals surface area (Å²) < 4.78 is 28.7. The van der Waals surface area contributed by atoms with Crippen LogP contribution in [0.3, 0.4) is 0 Å². The Bertz CT molecular complexity index is 564. The number of rotatable bonds is 3. The Morgan fingerprint density at radius 3 is 2.39 bits per heavy atom. The quantitative estimate of drug-likeness (QED) is 0.894. The molecular weight excluding hydrogens is 298 g/mol. The summed E-state index contributed by atoms with van der Waals surface area (Å²) in [6.07, 6.45) is 6.77. The maximum absolute atomic E-state index is 14.4. The van der Waals surface area contributed by atoms with Crippen molar-refractivity contribution in [2.75, 3.05) is 13.1 Å². The van der Waals surface area contributed by atoms with E-state index in [9.17, 15) is 13.6 Å². The third-order valence-corrected chi connectivity index (χ3v) is 5.05. The molecule has 5 heteroatoms. The molecule has 1 aliphatic heterocycles. The van der Waals surface area contributed by atoms with E-state index in [1.165, 1.54) is 12.5 Å². The lowest BCUT2D eigenvalue weighted by molar-refractivity contribution is 0.0923. The molecule has 0 aromatic heterocycles. The number of carbonyl (C=O) groups excluding carboxylic acids is 1. The minimum absolute atomic E-state index is 0.0289. The maximum Gasteiger partial charge on any atom is 0.254 e. The minimum atomic E-state index is -0.617. The van der Waals surface area contributed by atoms with E-state index in [4.69, 9.17) is 0 Å². The van der Waals surface area contributed by atoms with Crippen molar-refractivity contribution in [2.24, 2.45) is 0 Å². The van der Waals surface area contributed by atoms with Crippen LogP contribution >= 0.6 is 0 Å². The Morgan fingerprint density at radius 2 is 1.70 bits per heavy atom. The number of piperidine rings is 1. The molecule has 1 saturated heterocycles. The van der Waals surface area contributed by atoms with Gasteiger partial charge in [0.1, 0.15) is 11.6 Å². The Morgan fingerprint density at radius 1 is 1.00 bits per heavy atom. The van der Waals surface area contributed by atoms with Crippen molar-refractivity contribution in [3.63, 3.8) is 0 Å². The molecule has 1 saturated carbocycles. The monoisotopic (exact) mass is 322 g/mol. The first-order valence-electron chi connectivity index (χ1n) is 8.65. The van der Waals surface area contributed by atoms with Crippen LogP contribution in [0, 0.1) is 11.6 Å². The Labute approximate surface area is 135 Å². The first-order valence-corrected chi connectivity index (χ1v) is 8.65. The van der Waals surface area contributed by atoms with Gasteiger partial charge < -0.3 is 10.6 Å². The van der Waals surface area contributed by atoms with Gasteiger partial charge in [0, 0.05) is 6.04 Å². The fraction of sp³-hybridized carbons (Fsp3) is 0.611. The first kappa shape index (κ1) is 16.4. The second-order valence-corrected chi connectivity index (χ2v) is 6.69. The third kappa shape index (κ3) is 3.89. The lowest BCUT2D eigenvalue weighted by atomic mass is 9.89. The molecule has 0 radical (unpaired) electrons. The molecule has 0 unspecified atom stereocenters. The molecular formula is C18H24F2N2O. The molecule has 1 aromatic carbocycles. The number of nitrogens with one attached hydrogen (secondary N) is 2. The Hall–Kier alpha value is -1.49. The van der Waals surface area contributed by atoms with Crippen LogP contribution in [0.5, 0.6) is 0 Å². The summed E-state index contributed by atoms with van der Waals surface area (Å²) in [5, 5.41) is 6.06. The van der Waals surface area contributed by atoms with Crippen molar-refractivity contribution in [3.8, 4) is 0 Å². The number of hydrogen-bond acceptors (Lipinski definition) is 2. The molecule has 0 spiro atoms. The molecule has 1 aliphatic carbocycles. The van der Waals surface area contributed by atoms with Gasteiger partial charge in [0.15, 0.2) is 0 Å². The normalized spacial score (nSPS) is 20.4. The lowest BCUT2D eigenvalue weighted by Gasteiger charge is -2.24. The highest BCUT2D eigenvalue weighted by Gasteiger charge is 2.24. The summed E-state index contributed by atoms with van der Waals surface area (Å²) in [6.45, 7) is 1.63. The highest BCUT2D eigenvalue weighted by atomic mass is 19.1. The van der Waals surface area contributed by atoms with Gasteiger partial charge in [-0.1, -0.05) is 19.3 Å². The molecule has 1 aromatic rings. The van der Waals surface area contributed by atoms with E-state index in [2.05, 4.69) is 10.6 Å². The second-order valence-electron chi connectivity index (χ2n) is 6.69. The largest absolute Gasteiger partial charge is 0.349 e. The predicted octanol–water partition coefficient (Wildman–Crippen LogP) is 3.49. The molecule has 2 N–H and O–H groups in total. The van der Waals surface area contributed by atoms with Gasteiger partial charge in [-0.3, -0.25) is 4.79 Å². The van der Waals surface area contributed by atoms with Crippen LogP contribution in [0.25, 0.3) is 0 Å². The van der Waals surface area contributed by atoms with Gasteiger partial charge in [-0.25, -0.2) is 8.78 Å². The predicted molar refractivity (Wildman–Crippen MR) is 85.5 cm³/mol. The van der Waals surface area contributed by atoms with Crippen molar-refractivity contribution in [2.45, 2.75) is 56.9 Å². The molecule has 2 aliphatic rings. The number of carbonyl (C=O) groups is 1. The van der Waals surface area contributed by atoms with Gasteiger partial charge in [-0.15, -0.1) is 0 Å². The van der Waals surface area contributed by atoms with Crippen molar-refractivity contribution in [1.82, 2.24) is 10.6 Å². The number of halogens is 2. The smallest absolute Gasteiger partial charge is 0.254 e. The van der Waals surface area contributed by atoms with E-state index in [1.54, 1.807) is 0 Å². The zero-order valence-electron chi connectivity index (χ0n) is 13.3. The fourth-order valence-electron chi connectivity index (χ4n) is 3.69. The van der Waals surface area contributed by atoms with Gasteiger partial charge in [-0.05, 0) is 62.4 Å². The zero-order chi connectivity index (χ0) is 16.2. The number of hydrogen-bond donors (Lipinski definition) is 2. The summed E-state index contributed by atoms with van der Waals surface area (Å²) in [5.74, 6) is -1.55. The van der Waals surface area contributed by atoms with E-state index < -0.39 is 17.5 Å². The van der Waals surface area contributed by atoms with Crippen molar-refractivity contribution < 1.29 is 13.6 Å². The topological polar surface area (TPSA) is 41.1 Å². The Kier molecular flexibility index (Phi) is 5.26. The van der Waals surface area contributed by atoms with Crippen molar-refractivity contribution in [1.29, 1.82) is 0 Å². The van der Waals surface area contributed by atoms with E-state index in [0.29, 0.717) is 5.56 Å². The second kappa shape index (κ2) is 7.39. The maximum atomic E-state index is 14.4. The van der Waals surface area contributed by atoms with Gasteiger partial charge in [0.05, 0.1) is 5.56 Å². The van der Waals surface area contributed by atoms with Gasteiger partial charge >= 0.3 is 0 Å². The van der Waals surface area contributed by atoms with Crippen LogP contribution in [0.2, 0.25) is 0 Å². The van der Waals surface area contributed by atoms with Crippen LogP contribution in [0.15, 0.2) is 12.1 Å². The molecule has 0 bridgehead atoms. The lowest BCUT2D eigenvalue weighted by Crippen LogP contribution is -2.36. The summed E-state index contributed by atoms with van der Waals surface area (Å²) in [7, 11) is 0. The van der Waals surface area contributed by atoms with Gasteiger partial charge in [0.2, 0.25) is 0 Å². The van der Waals surface area contributed by atoms with Crippen molar-refractivity contribution >= 4 is 5.91 Å². The van der Waals surface area contributed by atoms with E-state index in [0.717, 1.165) is 57.7 Å². The summed E-state index contributed by atoms with van der Waals surface area (Å²) in [6, 6.07) is 2.38. The van der Waals surface area contributed by atoms with Crippen LogP contribution < -0.4 is 10.6 Å². The highest BCUT2D eigenvalue weighted by Crippen LogP contribution is 2.29. The molecule has 2 fully saturated rings. The molecule has 0 atom stereocenters. The number of amides is 1. The molecule has 3 rings (SSSR count). The highest BCUT2D eigenvalue weighted by molar-refractivity contribution is 5.94. The van der Waals surface area contributed by atoms with E-state index in [-0.39, 0.29) is 17.5 Å². The fourth-order valence-corrected chi connectivity index (χ4v) is 3.69. The minimum Gasteiger partial charge on any atom is -0.349 e. The first-order chi connectivity index (χ1) is 11.1. The average Bonchev–Trinajstić information content (AvgIpc) is 2.58. The molecule has 1 amide bonds.